The molecule has 0 aliphatic heterocycles. The molecule has 2 aromatic heterocycles. The molecule has 0 saturated carbocycles. The standard InChI is InChI=1S/C11H17N5O3/c1-3-15-7(6-12)13-9-8(15)10(17)14-11(18)16(9)4-5-19-2/h3-6,12H2,1-2H3,(H,14,17,18). The number of fused-ring (bicyclic) bond motifs is 1. The highest BCUT2D eigenvalue weighted by Crippen LogP contribution is 2.10. The third kappa shape index (κ3) is 2.20. The third-order valence-electron chi connectivity index (χ3n) is 2.98. The molecule has 104 valence electrons. The van der Waals surface area contributed by atoms with Crippen molar-refractivity contribution in [1.29, 1.82) is 0 Å². The maximum Gasteiger partial charge on any atom is 0.330 e. The van der Waals surface area contributed by atoms with Gasteiger partial charge in [0.1, 0.15) is 5.82 Å². The number of nitrogens with one attached hydrogen (secondary N) is 1. The number of imidazole rings is 1. The second-order valence-electron chi connectivity index (χ2n) is 4.05. The molecule has 0 spiro atoms. The van der Waals surface area contributed by atoms with Crippen molar-refractivity contribution in [3.63, 3.8) is 0 Å². The third-order valence-corrected chi connectivity index (χ3v) is 2.98. The Morgan fingerprint density at radius 3 is 2.68 bits per heavy atom. The first-order chi connectivity index (χ1) is 9.13. The molecule has 0 saturated heterocycles. The van der Waals surface area contributed by atoms with E-state index in [-0.39, 0.29) is 6.54 Å². The van der Waals surface area contributed by atoms with Gasteiger partial charge in [-0.25, -0.2) is 9.78 Å². The Bertz CT molecular complexity index is 697. The molecule has 0 aliphatic carbocycles. The highest BCUT2D eigenvalue weighted by atomic mass is 16.5. The largest absolute Gasteiger partial charge is 0.383 e. The van der Waals surface area contributed by atoms with Gasteiger partial charge in [0.2, 0.25) is 0 Å². The van der Waals surface area contributed by atoms with Gasteiger partial charge in [-0.1, -0.05) is 0 Å². The van der Waals surface area contributed by atoms with E-state index in [0.29, 0.717) is 36.7 Å². The minimum absolute atomic E-state index is 0.209. The Labute approximate surface area is 108 Å². The van der Waals surface area contributed by atoms with Crippen molar-refractivity contribution in [1.82, 2.24) is 19.1 Å². The van der Waals surface area contributed by atoms with Crippen molar-refractivity contribution in [2.75, 3.05) is 13.7 Å². The Morgan fingerprint density at radius 1 is 1.37 bits per heavy atom. The summed E-state index contributed by atoms with van der Waals surface area (Å²) in [5.74, 6) is 0.583. The molecule has 0 fully saturated rings. The monoisotopic (exact) mass is 267 g/mol. The molecule has 2 rings (SSSR count). The normalized spacial score (nSPS) is 11.3. The van der Waals surface area contributed by atoms with Crippen LogP contribution in [0.4, 0.5) is 0 Å². The minimum Gasteiger partial charge on any atom is -0.383 e. The molecule has 0 unspecified atom stereocenters. The number of rotatable bonds is 5. The lowest BCUT2D eigenvalue weighted by Gasteiger charge is -2.05. The van der Waals surface area contributed by atoms with E-state index in [1.165, 1.54) is 4.57 Å². The predicted molar refractivity (Wildman–Crippen MR) is 70.1 cm³/mol. The van der Waals surface area contributed by atoms with Crippen LogP contribution in [-0.4, -0.2) is 32.8 Å². The van der Waals surface area contributed by atoms with Crippen LogP contribution in [0.1, 0.15) is 12.7 Å². The molecule has 0 aliphatic rings. The van der Waals surface area contributed by atoms with Crippen LogP contribution in [0.2, 0.25) is 0 Å². The second-order valence-corrected chi connectivity index (χ2v) is 4.05. The van der Waals surface area contributed by atoms with Gasteiger partial charge in [-0.05, 0) is 6.92 Å². The molecule has 0 atom stereocenters. The number of ether oxygens (including phenoxy) is 1. The molecule has 2 heterocycles. The number of aromatic nitrogens is 4. The summed E-state index contributed by atoms with van der Waals surface area (Å²) < 4.78 is 8.07. The lowest BCUT2D eigenvalue weighted by molar-refractivity contribution is 0.187. The minimum atomic E-state index is -0.487. The van der Waals surface area contributed by atoms with Crippen molar-refractivity contribution < 1.29 is 4.74 Å². The van der Waals surface area contributed by atoms with E-state index >= 15 is 0 Å². The Balaban J connectivity index is 2.79. The summed E-state index contributed by atoms with van der Waals surface area (Å²) in [4.78, 5) is 30.4. The second kappa shape index (κ2) is 5.37. The topological polar surface area (TPSA) is 108 Å². The van der Waals surface area contributed by atoms with Crippen LogP contribution in [0.3, 0.4) is 0 Å². The number of aryl methyl sites for hydroxylation is 1. The van der Waals surface area contributed by atoms with Crippen LogP contribution in [0.15, 0.2) is 9.59 Å². The molecule has 0 radical (unpaired) electrons. The van der Waals surface area contributed by atoms with E-state index in [4.69, 9.17) is 10.5 Å². The summed E-state index contributed by atoms with van der Waals surface area (Å²) in [5.41, 5.74) is 5.42. The zero-order valence-electron chi connectivity index (χ0n) is 11.0. The van der Waals surface area contributed by atoms with Gasteiger partial charge in [0, 0.05) is 13.7 Å². The molecular weight excluding hydrogens is 250 g/mol. The van der Waals surface area contributed by atoms with Gasteiger partial charge >= 0.3 is 5.69 Å². The van der Waals surface area contributed by atoms with Crippen LogP contribution in [0.5, 0.6) is 0 Å². The van der Waals surface area contributed by atoms with Crippen LogP contribution in [0, 0.1) is 0 Å². The maximum atomic E-state index is 11.9. The fourth-order valence-electron chi connectivity index (χ4n) is 2.10. The van der Waals surface area contributed by atoms with Crippen LogP contribution >= 0.6 is 0 Å². The summed E-state index contributed by atoms with van der Waals surface area (Å²) in [5, 5.41) is 0. The van der Waals surface area contributed by atoms with Crippen molar-refractivity contribution in [3.8, 4) is 0 Å². The summed E-state index contributed by atoms with van der Waals surface area (Å²) >= 11 is 0. The summed E-state index contributed by atoms with van der Waals surface area (Å²) in [6, 6.07) is 0. The molecule has 19 heavy (non-hydrogen) atoms. The van der Waals surface area contributed by atoms with Gasteiger partial charge in [-0.3, -0.25) is 14.3 Å². The first-order valence-electron chi connectivity index (χ1n) is 6.05. The highest BCUT2D eigenvalue weighted by molar-refractivity contribution is 5.70. The number of methoxy groups -OCH3 is 1. The highest BCUT2D eigenvalue weighted by Gasteiger charge is 2.16. The summed E-state index contributed by atoms with van der Waals surface area (Å²) in [7, 11) is 1.55. The van der Waals surface area contributed by atoms with Crippen LogP contribution in [-0.2, 0) is 24.4 Å². The average Bonchev–Trinajstić information content (AvgIpc) is 2.77. The number of nitrogens with two attached hydrogens (primary N) is 1. The number of H-pyrrole nitrogens is 1. The molecule has 0 amide bonds. The van der Waals surface area contributed by atoms with Crippen LogP contribution < -0.4 is 17.0 Å². The number of nitrogens with zero attached hydrogens (tertiary/aromatic N) is 3. The van der Waals surface area contributed by atoms with Gasteiger partial charge in [-0.2, -0.15) is 0 Å². The number of aromatic amines is 1. The van der Waals surface area contributed by atoms with Gasteiger partial charge in [0.15, 0.2) is 11.2 Å². The summed E-state index contributed by atoms with van der Waals surface area (Å²) in [6.45, 7) is 3.35. The van der Waals surface area contributed by atoms with Crippen molar-refractivity contribution in [2.45, 2.75) is 26.6 Å². The maximum absolute atomic E-state index is 11.9. The van der Waals surface area contributed by atoms with E-state index in [2.05, 4.69) is 9.97 Å². The van der Waals surface area contributed by atoms with Crippen LogP contribution in [0.25, 0.3) is 11.2 Å². The number of hydrogen-bond donors (Lipinski definition) is 2. The van der Waals surface area contributed by atoms with E-state index in [1.807, 2.05) is 6.92 Å². The zero-order valence-corrected chi connectivity index (χ0v) is 11.0. The zero-order chi connectivity index (χ0) is 14.0. The summed E-state index contributed by atoms with van der Waals surface area (Å²) in [6.07, 6.45) is 0. The Hall–Kier alpha value is -1.93. The quantitative estimate of drug-likeness (QED) is 0.723. The number of hydrogen-bond acceptors (Lipinski definition) is 5. The lowest BCUT2D eigenvalue weighted by atomic mass is 10.4. The molecule has 2 aromatic rings. The van der Waals surface area contributed by atoms with E-state index in [0.717, 1.165) is 0 Å². The molecule has 0 bridgehead atoms. The predicted octanol–water partition coefficient (Wildman–Crippen LogP) is -0.989. The molecule has 8 nitrogen and oxygen atoms in total. The van der Waals surface area contributed by atoms with Crippen molar-refractivity contribution in [3.05, 3.63) is 26.7 Å². The lowest BCUT2D eigenvalue weighted by Crippen LogP contribution is -2.32. The van der Waals surface area contributed by atoms with Gasteiger partial charge in [0.05, 0.1) is 19.7 Å². The smallest absolute Gasteiger partial charge is 0.330 e. The fraction of sp³-hybridized carbons (Fsp3) is 0.545. The fourth-order valence-corrected chi connectivity index (χ4v) is 2.10. The van der Waals surface area contributed by atoms with E-state index in [1.54, 1.807) is 11.7 Å². The van der Waals surface area contributed by atoms with E-state index < -0.39 is 11.2 Å². The van der Waals surface area contributed by atoms with Gasteiger partial charge in [-0.15, -0.1) is 0 Å². The average molecular weight is 267 g/mol. The first kappa shape index (κ1) is 13.5. The Morgan fingerprint density at radius 2 is 2.11 bits per heavy atom. The molecule has 0 aromatic carbocycles. The molecule has 8 heteroatoms. The SMILES string of the molecule is CCn1c(CN)nc2c1c(=O)[nH]c(=O)n2CCOC. The first-order valence-corrected chi connectivity index (χ1v) is 6.05. The van der Waals surface area contributed by atoms with E-state index in [9.17, 15) is 9.59 Å². The molecular formula is C11H17N5O3. The molecule has 3 N–H and O–H groups in total. The van der Waals surface area contributed by atoms with Crippen molar-refractivity contribution >= 4 is 11.2 Å². The van der Waals surface area contributed by atoms with Gasteiger partial charge < -0.3 is 15.0 Å². The van der Waals surface area contributed by atoms with Gasteiger partial charge in [0.25, 0.3) is 5.56 Å². The van der Waals surface area contributed by atoms with Crippen molar-refractivity contribution in [2.24, 2.45) is 5.73 Å². The Kier molecular flexibility index (Phi) is 3.82.